The number of rotatable bonds is 5. The third kappa shape index (κ3) is 4.62. The van der Waals surface area contributed by atoms with E-state index in [9.17, 15) is 13.2 Å². The van der Waals surface area contributed by atoms with Crippen molar-refractivity contribution in [2.24, 2.45) is 0 Å². The summed E-state index contributed by atoms with van der Waals surface area (Å²) >= 11 is 6.22. The maximum atomic E-state index is 12.4. The number of sulfonamides is 1. The summed E-state index contributed by atoms with van der Waals surface area (Å²) in [4.78, 5) is 16.2. The summed E-state index contributed by atoms with van der Waals surface area (Å²) in [6.45, 7) is 1.91. The number of para-hydroxylation sites is 1. The van der Waals surface area contributed by atoms with E-state index in [1.807, 2.05) is 30.3 Å². The number of piperazine rings is 1. The molecule has 2 aromatic rings. The molecule has 146 valence electrons. The van der Waals surface area contributed by atoms with Crippen molar-refractivity contribution in [3.63, 3.8) is 0 Å². The van der Waals surface area contributed by atoms with Gasteiger partial charge in [-0.05, 0) is 36.4 Å². The van der Waals surface area contributed by atoms with Crippen molar-refractivity contribution in [2.45, 2.75) is 4.90 Å². The molecule has 0 atom stereocenters. The van der Waals surface area contributed by atoms with Crippen LogP contribution in [0.5, 0.6) is 0 Å². The van der Waals surface area contributed by atoms with E-state index < -0.39 is 10.0 Å². The number of carbonyl (C=O) groups is 1. The molecule has 0 aliphatic carbocycles. The molecule has 0 spiro atoms. The third-order valence-electron chi connectivity index (χ3n) is 4.53. The topological polar surface area (TPSA) is 93.5 Å². The van der Waals surface area contributed by atoms with E-state index in [0.29, 0.717) is 36.8 Å². The average Bonchev–Trinajstić information content (AvgIpc) is 2.72. The number of hydrogen-bond donors (Lipinski definition) is 1. The van der Waals surface area contributed by atoms with Crippen LogP contribution in [0.4, 0.5) is 5.69 Å². The van der Waals surface area contributed by atoms with Crippen LogP contribution in [-0.4, -0.2) is 51.9 Å². The Bertz CT molecular complexity index is 995. The van der Waals surface area contributed by atoms with Crippen LogP contribution in [0.1, 0.15) is 5.56 Å². The first-order valence-electron chi connectivity index (χ1n) is 8.68. The summed E-state index contributed by atoms with van der Waals surface area (Å²) in [7, 11) is -3.81. The number of nitrogens with one attached hydrogen (secondary N) is 1. The number of benzene rings is 2. The highest BCUT2D eigenvalue weighted by atomic mass is 35.5. The number of halogens is 1. The summed E-state index contributed by atoms with van der Waals surface area (Å²) in [6.07, 6.45) is 0. The van der Waals surface area contributed by atoms with Gasteiger partial charge in [0.1, 0.15) is 0 Å². The number of amides is 1. The minimum Gasteiger partial charge on any atom is -0.367 e. The van der Waals surface area contributed by atoms with Crippen LogP contribution in [-0.2, 0) is 14.8 Å². The van der Waals surface area contributed by atoms with Gasteiger partial charge in [-0.15, -0.1) is 0 Å². The molecule has 9 heteroatoms. The SMILES string of the molecule is N#Cc1ccc(S(=O)(=O)NCC(=O)N2CCN(c3ccccc3Cl)CC2)cc1. The molecule has 0 saturated carbocycles. The van der Waals surface area contributed by atoms with Gasteiger partial charge in [-0.1, -0.05) is 23.7 Å². The zero-order valence-corrected chi connectivity index (χ0v) is 16.6. The number of nitriles is 1. The fraction of sp³-hybridized carbons (Fsp3) is 0.263. The van der Waals surface area contributed by atoms with Gasteiger partial charge in [0.15, 0.2) is 0 Å². The maximum Gasteiger partial charge on any atom is 0.241 e. The van der Waals surface area contributed by atoms with E-state index in [1.165, 1.54) is 24.3 Å². The molecule has 1 heterocycles. The second-order valence-electron chi connectivity index (χ2n) is 6.28. The molecule has 7 nitrogen and oxygen atoms in total. The Balaban J connectivity index is 1.54. The first-order valence-corrected chi connectivity index (χ1v) is 10.5. The summed E-state index contributed by atoms with van der Waals surface area (Å²) in [6, 6.07) is 15.0. The monoisotopic (exact) mass is 418 g/mol. The molecule has 1 N–H and O–H groups in total. The van der Waals surface area contributed by atoms with Gasteiger partial charge < -0.3 is 9.80 Å². The maximum absolute atomic E-state index is 12.4. The first-order chi connectivity index (χ1) is 13.4. The molecular weight excluding hydrogens is 400 g/mol. The summed E-state index contributed by atoms with van der Waals surface area (Å²) in [5.74, 6) is -0.281. The Morgan fingerprint density at radius 1 is 1.07 bits per heavy atom. The van der Waals surface area contributed by atoms with E-state index >= 15 is 0 Å². The second kappa shape index (κ2) is 8.61. The molecule has 1 fully saturated rings. The van der Waals surface area contributed by atoms with Gasteiger partial charge >= 0.3 is 0 Å². The minimum absolute atomic E-state index is 0.0165. The van der Waals surface area contributed by atoms with Crippen molar-refractivity contribution >= 4 is 33.2 Å². The molecule has 1 aliphatic rings. The quantitative estimate of drug-likeness (QED) is 0.799. The molecule has 1 saturated heterocycles. The molecule has 0 aromatic heterocycles. The zero-order valence-electron chi connectivity index (χ0n) is 15.0. The van der Waals surface area contributed by atoms with Gasteiger partial charge in [-0.3, -0.25) is 4.79 Å². The lowest BCUT2D eigenvalue weighted by Gasteiger charge is -2.36. The highest BCUT2D eigenvalue weighted by Crippen LogP contribution is 2.26. The van der Waals surface area contributed by atoms with Crippen LogP contribution in [0.2, 0.25) is 5.02 Å². The van der Waals surface area contributed by atoms with Gasteiger partial charge in [0.2, 0.25) is 15.9 Å². The molecule has 0 unspecified atom stereocenters. The van der Waals surface area contributed by atoms with Crippen LogP contribution < -0.4 is 9.62 Å². The largest absolute Gasteiger partial charge is 0.367 e. The van der Waals surface area contributed by atoms with E-state index in [0.717, 1.165) is 5.69 Å². The van der Waals surface area contributed by atoms with E-state index in [-0.39, 0.29) is 17.3 Å². The van der Waals surface area contributed by atoms with Gasteiger partial charge in [0.25, 0.3) is 0 Å². The normalized spacial score (nSPS) is 14.6. The lowest BCUT2D eigenvalue weighted by Crippen LogP contribution is -2.51. The van der Waals surface area contributed by atoms with Crippen LogP contribution in [0, 0.1) is 11.3 Å². The Kier molecular flexibility index (Phi) is 6.19. The summed E-state index contributed by atoms with van der Waals surface area (Å²) in [5, 5.41) is 9.45. The van der Waals surface area contributed by atoms with Crippen molar-refractivity contribution in [3.8, 4) is 6.07 Å². The highest BCUT2D eigenvalue weighted by molar-refractivity contribution is 7.89. The molecule has 28 heavy (non-hydrogen) atoms. The fourth-order valence-corrected chi connectivity index (χ4v) is 4.20. The average molecular weight is 419 g/mol. The molecule has 3 rings (SSSR count). The molecule has 1 amide bonds. The number of anilines is 1. The van der Waals surface area contributed by atoms with Gasteiger partial charge in [-0.25, -0.2) is 13.1 Å². The van der Waals surface area contributed by atoms with Crippen molar-refractivity contribution in [2.75, 3.05) is 37.6 Å². The molecule has 2 aromatic carbocycles. The van der Waals surface area contributed by atoms with Gasteiger partial charge in [0.05, 0.1) is 33.8 Å². The Labute approximate surface area is 169 Å². The summed E-state index contributed by atoms with van der Waals surface area (Å²) in [5.41, 5.74) is 1.30. The third-order valence-corrected chi connectivity index (χ3v) is 6.27. The molecule has 0 bridgehead atoms. The van der Waals surface area contributed by atoms with Crippen LogP contribution in [0.3, 0.4) is 0 Å². The van der Waals surface area contributed by atoms with Crippen molar-refractivity contribution in [1.29, 1.82) is 5.26 Å². The van der Waals surface area contributed by atoms with Crippen LogP contribution >= 0.6 is 11.6 Å². The molecular formula is C19H19ClN4O3S. The molecule has 0 radical (unpaired) electrons. The lowest BCUT2D eigenvalue weighted by molar-refractivity contribution is -0.130. The Hall–Kier alpha value is -2.60. The second-order valence-corrected chi connectivity index (χ2v) is 8.45. The van der Waals surface area contributed by atoms with E-state index in [2.05, 4.69) is 9.62 Å². The Morgan fingerprint density at radius 2 is 1.71 bits per heavy atom. The van der Waals surface area contributed by atoms with Gasteiger partial charge in [-0.2, -0.15) is 5.26 Å². The Morgan fingerprint density at radius 3 is 2.32 bits per heavy atom. The van der Waals surface area contributed by atoms with E-state index in [1.54, 1.807) is 4.90 Å². The molecule has 1 aliphatic heterocycles. The van der Waals surface area contributed by atoms with Crippen LogP contribution in [0.15, 0.2) is 53.4 Å². The number of nitrogens with zero attached hydrogens (tertiary/aromatic N) is 3. The van der Waals surface area contributed by atoms with E-state index in [4.69, 9.17) is 16.9 Å². The summed E-state index contributed by atoms with van der Waals surface area (Å²) < 4.78 is 26.9. The first kappa shape index (κ1) is 20.1. The lowest BCUT2D eigenvalue weighted by atomic mass is 10.2. The minimum atomic E-state index is -3.81. The predicted octanol–water partition coefficient (Wildman–Crippen LogP) is 1.84. The standard InChI is InChI=1S/C19H19ClN4O3S/c20-17-3-1-2-4-18(17)23-9-11-24(12-10-23)19(25)14-22-28(26,27)16-7-5-15(13-21)6-8-16/h1-8,22H,9-12,14H2. The van der Waals surface area contributed by atoms with Crippen molar-refractivity contribution in [1.82, 2.24) is 9.62 Å². The smallest absolute Gasteiger partial charge is 0.241 e. The van der Waals surface area contributed by atoms with Crippen molar-refractivity contribution in [3.05, 3.63) is 59.1 Å². The van der Waals surface area contributed by atoms with Crippen LogP contribution in [0.25, 0.3) is 0 Å². The fourth-order valence-electron chi connectivity index (χ4n) is 2.97. The predicted molar refractivity (Wildman–Crippen MR) is 107 cm³/mol. The van der Waals surface area contributed by atoms with Gasteiger partial charge in [0, 0.05) is 26.2 Å². The van der Waals surface area contributed by atoms with Crippen molar-refractivity contribution < 1.29 is 13.2 Å². The number of carbonyl (C=O) groups excluding carboxylic acids is 1. The number of hydrogen-bond acceptors (Lipinski definition) is 5. The highest BCUT2D eigenvalue weighted by Gasteiger charge is 2.24. The zero-order chi connectivity index (χ0) is 20.1.